The highest BCUT2D eigenvalue weighted by Gasteiger charge is 2.15. The standard InChI is InChI=1S/C22H24N4O4/c1-3-26(4-2)16-11-9-15(10-12-16)21(28)25-24-20(27)14-30-22(29)18-13-23-19-8-6-5-7-17(18)19/h5-13,23H,3-4,14H2,1-2H3,(H,24,27)(H,25,28). The maximum atomic E-state index is 12.2. The number of amides is 2. The Balaban J connectivity index is 1.48. The highest BCUT2D eigenvalue weighted by molar-refractivity contribution is 6.04. The number of nitrogens with zero attached hydrogens (tertiary/aromatic N) is 1. The SMILES string of the molecule is CCN(CC)c1ccc(C(=O)NNC(=O)COC(=O)c2c[nH]c3ccccc23)cc1. The van der Waals surface area contributed by atoms with Crippen molar-refractivity contribution in [1.82, 2.24) is 15.8 Å². The summed E-state index contributed by atoms with van der Waals surface area (Å²) < 4.78 is 5.03. The lowest BCUT2D eigenvalue weighted by atomic mass is 10.2. The van der Waals surface area contributed by atoms with Crippen molar-refractivity contribution in [3.05, 3.63) is 65.9 Å². The van der Waals surface area contributed by atoms with Crippen LogP contribution in [0.5, 0.6) is 0 Å². The van der Waals surface area contributed by atoms with Gasteiger partial charge in [0, 0.05) is 41.4 Å². The number of hydrogen-bond donors (Lipinski definition) is 3. The molecule has 0 atom stereocenters. The van der Waals surface area contributed by atoms with Crippen molar-refractivity contribution in [2.45, 2.75) is 13.8 Å². The molecule has 0 aliphatic carbocycles. The number of esters is 1. The van der Waals surface area contributed by atoms with Gasteiger partial charge in [-0.25, -0.2) is 4.79 Å². The zero-order chi connectivity index (χ0) is 21.5. The lowest BCUT2D eigenvalue weighted by Gasteiger charge is -2.21. The smallest absolute Gasteiger partial charge is 0.340 e. The van der Waals surface area contributed by atoms with Crippen LogP contribution in [0.4, 0.5) is 5.69 Å². The Morgan fingerprint density at radius 2 is 1.67 bits per heavy atom. The van der Waals surface area contributed by atoms with Crippen molar-refractivity contribution in [2.75, 3.05) is 24.6 Å². The van der Waals surface area contributed by atoms with Crippen LogP contribution in [0.3, 0.4) is 0 Å². The number of carbonyl (C=O) groups excluding carboxylic acids is 3. The molecule has 0 fully saturated rings. The van der Waals surface area contributed by atoms with Crippen molar-refractivity contribution in [2.24, 2.45) is 0 Å². The topological polar surface area (TPSA) is 104 Å². The number of H-pyrrole nitrogens is 1. The molecule has 1 aromatic heterocycles. The minimum absolute atomic E-state index is 0.343. The number of carbonyl (C=O) groups is 3. The summed E-state index contributed by atoms with van der Waals surface area (Å²) in [6.45, 7) is 5.35. The first kappa shape index (κ1) is 20.9. The number of rotatable bonds is 7. The van der Waals surface area contributed by atoms with E-state index in [1.165, 1.54) is 6.20 Å². The Labute approximate surface area is 174 Å². The number of fused-ring (bicyclic) bond motifs is 1. The lowest BCUT2D eigenvalue weighted by Crippen LogP contribution is -2.43. The molecule has 1 heterocycles. The van der Waals surface area contributed by atoms with E-state index in [1.807, 2.05) is 30.3 Å². The Bertz CT molecular complexity index is 1040. The summed E-state index contributed by atoms with van der Waals surface area (Å²) in [5, 5.41) is 0.712. The quantitative estimate of drug-likeness (QED) is 0.412. The Kier molecular flexibility index (Phi) is 6.69. The number of hydrazine groups is 1. The third-order valence-electron chi connectivity index (χ3n) is 4.72. The third kappa shape index (κ3) is 4.78. The Hall–Kier alpha value is -3.81. The van der Waals surface area contributed by atoms with Gasteiger partial charge in [0.25, 0.3) is 11.8 Å². The molecular weight excluding hydrogens is 384 g/mol. The van der Waals surface area contributed by atoms with E-state index < -0.39 is 24.4 Å². The molecule has 0 aliphatic rings. The molecule has 0 spiro atoms. The number of nitrogens with one attached hydrogen (secondary N) is 3. The van der Waals surface area contributed by atoms with Crippen LogP contribution in [0.1, 0.15) is 34.6 Å². The summed E-state index contributed by atoms with van der Waals surface area (Å²) in [4.78, 5) is 41.4. The van der Waals surface area contributed by atoms with E-state index in [0.29, 0.717) is 16.5 Å². The van der Waals surface area contributed by atoms with Crippen molar-refractivity contribution in [1.29, 1.82) is 0 Å². The molecule has 3 aromatic rings. The minimum Gasteiger partial charge on any atom is -0.452 e. The number of hydrogen-bond acceptors (Lipinski definition) is 5. The van der Waals surface area contributed by atoms with Crippen LogP contribution in [0.2, 0.25) is 0 Å². The summed E-state index contributed by atoms with van der Waals surface area (Å²) in [6, 6.07) is 14.4. The van der Waals surface area contributed by atoms with Crippen LogP contribution in [0.15, 0.2) is 54.7 Å². The van der Waals surface area contributed by atoms with E-state index in [9.17, 15) is 14.4 Å². The summed E-state index contributed by atoms with van der Waals surface area (Å²) in [7, 11) is 0. The van der Waals surface area contributed by atoms with Crippen molar-refractivity contribution >= 4 is 34.4 Å². The van der Waals surface area contributed by atoms with Crippen molar-refractivity contribution in [3.8, 4) is 0 Å². The van der Waals surface area contributed by atoms with Gasteiger partial charge < -0.3 is 14.6 Å². The molecule has 156 valence electrons. The molecule has 2 amide bonds. The number of anilines is 1. The highest BCUT2D eigenvalue weighted by atomic mass is 16.5. The van der Waals surface area contributed by atoms with Gasteiger partial charge in [0.2, 0.25) is 0 Å². The lowest BCUT2D eigenvalue weighted by molar-refractivity contribution is -0.125. The molecular formula is C22H24N4O4. The van der Waals surface area contributed by atoms with Crippen LogP contribution >= 0.6 is 0 Å². The predicted octanol–water partition coefficient (Wildman–Crippen LogP) is 2.63. The second-order valence-corrected chi connectivity index (χ2v) is 6.55. The van der Waals surface area contributed by atoms with Gasteiger partial charge in [-0.1, -0.05) is 18.2 Å². The highest BCUT2D eigenvalue weighted by Crippen LogP contribution is 2.18. The maximum absolute atomic E-state index is 12.2. The van der Waals surface area contributed by atoms with Gasteiger partial charge in [0.1, 0.15) is 0 Å². The Morgan fingerprint density at radius 1 is 0.967 bits per heavy atom. The van der Waals surface area contributed by atoms with E-state index >= 15 is 0 Å². The first-order valence-corrected chi connectivity index (χ1v) is 9.71. The van der Waals surface area contributed by atoms with E-state index in [1.54, 1.807) is 18.2 Å². The molecule has 3 N–H and O–H groups in total. The van der Waals surface area contributed by atoms with Gasteiger partial charge in [0.15, 0.2) is 6.61 Å². The van der Waals surface area contributed by atoms with Gasteiger partial charge in [-0.3, -0.25) is 20.4 Å². The van der Waals surface area contributed by atoms with Crippen LogP contribution in [0.25, 0.3) is 10.9 Å². The molecule has 0 aliphatic heterocycles. The van der Waals surface area contributed by atoms with Crippen molar-refractivity contribution < 1.29 is 19.1 Å². The van der Waals surface area contributed by atoms with E-state index in [-0.39, 0.29) is 0 Å². The molecule has 8 heteroatoms. The molecule has 3 rings (SSSR count). The first-order valence-electron chi connectivity index (χ1n) is 9.71. The van der Waals surface area contributed by atoms with Crippen LogP contribution in [-0.4, -0.2) is 42.5 Å². The number of para-hydroxylation sites is 1. The third-order valence-corrected chi connectivity index (χ3v) is 4.72. The van der Waals surface area contributed by atoms with Gasteiger partial charge >= 0.3 is 5.97 Å². The molecule has 0 saturated carbocycles. The average Bonchev–Trinajstić information content (AvgIpc) is 3.21. The van der Waals surface area contributed by atoms with Gasteiger partial charge in [-0.2, -0.15) is 0 Å². The molecule has 0 saturated heterocycles. The average molecular weight is 408 g/mol. The number of aromatic nitrogens is 1. The largest absolute Gasteiger partial charge is 0.452 e. The normalized spacial score (nSPS) is 10.5. The van der Waals surface area contributed by atoms with E-state index in [2.05, 4.69) is 34.6 Å². The zero-order valence-electron chi connectivity index (χ0n) is 16.9. The van der Waals surface area contributed by atoms with Gasteiger partial charge in [0.05, 0.1) is 5.56 Å². The fourth-order valence-electron chi connectivity index (χ4n) is 3.10. The number of aromatic amines is 1. The Morgan fingerprint density at radius 3 is 2.37 bits per heavy atom. The number of ether oxygens (including phenoxy) is 1. The second kappa shape index (κ2) is 9.60. The maximum Gasteiger partial charge on any atom is 0.340 e. The molecule has 0 radical (unpaired) electrons. The van der Waals surface area contributed by atoms with Crippen LogP contribution < -0.4 is 15.8 Å². The van der Waals surface area contributed by atoms with Gasteiger partial charge in [-0.05, 0) is 44.2 Å². The van der Waals surface area contributed by atoms with Crippen LogP contribution in [0, 0.1) is 0 Å². The van der Waals surface area contributed by atoms with Crippen LogP contribution in [-0.2, 0) is 9.53 Å². The summed E-state index contributed by atoms with van der Waals surface area (Å²) >= 11 is 0. The minimum atomic E-state index is -0.642. The monoisotopic (exact) mass is 408 g/mol. The van der Waals surface area contributed by atoms with Gasteiger partial charge in [-0.15, -0.1) is 0 Å². The summed E-state index contributed by atoms with van der Waals surface area (Å²) in [5.74, 6) is -1.73. The zero-order valence-corrected chi connectivity index (χ0v) is 16.9. The molecule has 2 aromatic carbocycles. The second-order valence-electron chi connectivity index (χ2n) is 6.55. The van der Waals surface area contributed by atoms with E-state index in [4.69, 9.17) is 4.74 Å². The van der Waals surface area contributed by atoms with Crippen molar-refractivity contribution in [3.63, 3.8) is 0 Å². The predicted molar refractivity (Wildman–Crippen MR) is 114 cm³/mol. The first-order chi connectivity index (χ1) is 14.5. The molecule has 30 heavy (non-hydrogen) atoms. The van der Waals surface area contributed by atoms with E-state index in [0.717, 1.165) is 24.3 Å². The summed E-state index contributed by atoms with van der Waals surface area (Å²) in [5.41, 5.74) is 7.12. The molecule has 0 unspecified atom stereocenters. The fourth-order valence-corrected chi connectivity index (χ4v) is 3.10. The summed E-state index contributed by atoms with van der Waals surface area (Å²) in [6.07, 6.45) is 1.54. The fraction of sp³-hybridized carbons (Fsp3) is 0.227. The molecule has 8 nitrogen and oxygen atoms in total. The number of benzene rings is 2. The molecule has 0 bridgehead atoms.